The van der Waals surface area contributed by atoms with Crippen LogP contribution in [0.4, 0.5) is 14.6 Å². The Labute approximate surface area is 205 Å². The number of hydrogen-bond donors (Lipinski definition) is 2. The highest BCUT2D eigenvalue weighted by molar-refractivity contribution is 5.98. The van der Waals surface area contributed by atoms with Crippen LogP contribution in [0, 0.1) is 11.6 Å². The molecule has 0 bridgehead atoms. The Balaban J connectivity index is 1.45. The predicted octanol–water partition coefficient (Wildman–Crippen LogP) is 4.93. The number of anilines is 1. The van der Waals surface area contributed by atoms with E-state index >= 15 is 4.39 Å². The molecule has 1 saturated carbocycles. The third-order valence-corrected chi connectivity index (χ3v) is 6.32. The fourth-order valence-corrected chi connectivity index (χ4v) is 4.58. The van der Waals surface area contributed by atoms with Crippen LogP contribution < -0.4 is 15.8 Å². The Hall–Kier alpha value is -4.34. The molecule has 8 nitrogen and oxygen atoms in total. The lowest BCUT2D eigenvalue weighted by atomic mass is 9.91. The molecule has 1 fully saturated rings. The van der Waals surface area contributed by atoms with E-state index in [0.717, 1.165) is 25.7 Å². The summed E-state index contributed by atoms with van der Waals surface area (Å²) in [5, 5.41) is 8.14. The molecule has 36 heavy (non-hydrogen) atoms. The highest BCUT2D eigenvalue weighted by atomic mass is 19.1. The molecule has 0 spiro atoms. The van der Waals surface area contributed by atoms with Gasteiger partial charge in [0.05, 0.1) is 11.4 Å². The molecular weight excluding hydrogens is 466 g/mol. The number of amides is 1. The van der Waals surface area contributed by atoms with E-state index in [1.54, 1.807) is 22.9 Å². The van der Waals surface area contributed by atoms with Crippen LogP contribution in [0.5, 0.6) is 11.5 Å². The van der Waals surface area contributed by atoms with Gasteiger partial charge in [0.25, 0.3) is 0 Å². The van der Waals surface area contributed by atoms with Crippen molar-refractivity contribution in [1.82, 2.24) is 25.1 Å². The first kappa shape index (κ1) is 23.4. The minimum absolute atomic E-state index is 0.00563. The normalized spacial score (nSPS) is 17.6. The number of hydrogen-bond acceptors (Lipinski definition) is 6. The first-order chi connectivity index (χ1) is 17.4. The molecule has 2 aromatic heterocycles. The Morgan fingerprint density at radius 3 is 2.61 bits per heavy atom. The zero-order chi connectivity index (χ0) is 25.2. The van der Waals surface area contributed by atoms with Crippen LogP contribution in [-0.2, 0) is 4.79 Å². The molecule has 0 atom stereocenters. The van der Waals surface area contributed by atoms with Crippen molar-refractivity contribution < 1.29 is 18.3 Å². The lowest BCUT2D eigenvalue weighted by molar-refractivity contribution is -0.117. The van der Waals surface area contributed by atoms with Gasteiger partial charge in [-0.25, -0.2) is 23.4 Å². The Kier molecular flexibility index (Phi) is 6.32. The predicted molar refractivity (Wildman–Crippen MR) is 131 cm³/mol. The number of aromatic nitrogens is 4. The first-order valence-corrected chi connectivity index (χ1v) is 11.6. The van der Waals surface area contributed by atoms with Gasteiger partial charge < -0.3 is 15.8 Å². The number of halogens is 2. The summed E-state index contributed by atoms with van der Waals surface area (Å²) < 4.78 is 36.1. The molecule has 1 amide bonds. The minimum Gasteiger partial charge on any atom is -0.457 e. The summed E-state index contributed by atoms with van der Waals surface area (Å²) in [6.45, 7) is 3.49. The summed E-state index contributed by atoms with van der Waals surface area (Å²) in [6.07, 6.45) is 5.67. The Bertz CT molecular complexity index is 1450. The average Bonchev–Trinajstić information content (AvgIpc) is 3.25. The van der Waals surface area contributed by atoms with E-state index in [1.807, 2.05) is 0 Å². The summed E-state index contributed by atoms with van der Waals surface area (Å²) in [6, 6.07) is 10.0. The molecule has 1 aliphatic rings. The number of carbonyl (C=O) groups is 1. The number of nitrogens with zero attached hydrogens (tertiary/aromatic N) is 4. The second-order valence-electron chi connectivity index (χ2n) is 8.67. The van der Waals surface area contributed by atoms with E-state index in [0.29, 0.717) is 16.7 Å². The molecule has 184 valence electrons. The van der Waals surface area contributed by atoms with Gasteiger partial charge >= 0.3 is 0 Å². The number of benzene rings is 2. The fraction of sp³-hybridized carbons (Fsp3) is 0.231. The molecule has 10 heteroatoms. The molecule has 4 aromatic rings. The summed E-state index contributed by atoms with van der Waals surface area (Å²) in [5.74, 6) is -0.536. The zero-order valence-corrected chi connectivity index (χ0v) is 19.3. The lowest BCUT2D eigenvalue weighted by Crippen LogP contribution is -2.37. The van der Waals surface area contributed by atoms with E-state index in [-0.39, 0.29) is 40.9 Å². The van der Waals surface area contributed by atoms with Crippen molar-refractivity contribution in [2.24, 2.45) is 0 Å². The summed E-state index contributed by atoms with van der Waals surface area (Å²) in [5.41, 5.74) is 7.26. The average molecular weight is 491 g/mol. The number of carbonyl (C=O) groups excluding carboxylic acids is 1. The number of nitrogens with two attached hydrogens (primary N) is 1. The van der Waals surface area contributed by atoms with E-state index < -0.39 is 11.6 Å². The molecular formula is C26H24F2N6O2. The van der Waals surface area contributed by atoms with Gasteiger partial charge in [-0.2, -0.15) is 5.10 Å². The summed E-state index contributed by atoms with van der Waals surface area (Å²) in [4.78, 5) is 20.1. The quantitative estimate of drug-likeness (QED) is 0.371. The number of nitrogens with one attached hydrogen (secondary N) is 1. The van der Waals surface area contributed by atoms with Crippen molar-refractivity contribution in [2.75, 3.05) is 5.73 Å². The van der Waals surface area contributed by atoms with Gasteiger partial charge in [0, 0.05) is 23.7 Å². The first-order valence-electron chi connectivity index (χ1n) is 11.6. The molecule has 0 radical (unpaired) electrons. The topological polar surface area (TPSA) is 108 Å². The van der Waals surface area contributed by atoms with Crippen LogP contribution in [0.3, 0.4) is 0 Å². The molecule has 2 heterocycles. The Morgan fingerprint density at radius 2 is 1.89 bits per heavy atom. The van der Waals surface area contributed by atoms with Gasteiger partial charge in [0.2, 0.25) is 5.91 Å². The Morgan fingerprint density at radius 1 is 1.11 bits per heavy atom. The summed E-state index contributed by atoms with van der Waals surface area (Å²) in [7, 11) is 0. The number of rotatable bonds is 6. The fourth-order valence-electron chi connectivity index (χ4n) is 4.58. The third-order valence-electron chi connectivity index (χ3n) is 6.32. The third kappa shape index (κ3) is 4.61. The van der Waals surface area contributed by atoms with E-state index in [1.165, 1.54) is 36.7 Å². The highest BCUT2D eigenvalue weighted by Crippen LogP contribution is 2.37. The maximum atomic E-state index is 15.3. The second kappa shape index (κ2) is 9.73. The molecule has 5 rings (SSSR count). The molecule has 1 aliphatic carbocycles. The van der Waals surface area contributed by atoms with Crippen LogP contribution in [0.1, 0.15) is 31.7 Å². The minimum atomic E-state index is -0.574. The maximum Gasteiger partial charge on any atom is 0.243 e. The lowest BCUT2D eigenvalue weighted by Gasteiger charge is -2.29. The maximum absolute atomic E-state index is 15.3. The van der Waals surface area contributed by atoms with Crippen LogP contribution in [0.2, 0.25) is 0 Å². The van der Waals surface area contributed by atoms with Crippen molar-refractivity contribution in [1.29, 1.82) is 0 Å². The van der Waals surface area contributed by atoms with Gasteiger partial charge in [0.1, 0.15) is 41.0 Å². The molecule has 0 saturated heterocycles. The summed E-state index contributed by atoms with van der Waals surface area (Å²) >= 11 is 0. The van der Waals surface area contributed by atoms with Gasteiger partial charge in [-0.1, -0.05) is 12.6 Å². The molecule has 0 aliphatic heterocycles. The SMILES string of the molecule is C=CC(=O)N[C@H]1CC[C@H](n2nc(-c3ccc(Oc4cccc(F)c4)cc3F)c3c(N)ncnc32)CC1. The number of fused-ring (bicyclic) bond motifs is 1. The van der Waals surface area contributed by atoms with Crippen LogP contribution in [0.25, 0.3) is 22.3 Å². The smallest absolute Gasteiger partial charge is 0.243 e. The van der Waals surface area contributed by atoms with E-state index in [4.69, 9.17) is 15.6 Å². The second-order valence-corrected chi connectivity index (χ2v) is 8.67. The van der Waals surface area contributed by atoms with Crippen LogP contribution >= 0.6 is 0 Å². The molecule has 3 N–H and O–H groups in total. The highest BCUT2D eigenvalue weighted by Gasteiger charge is 2.28. The monoisotopic (exact) mass is 490 g/mol. The van der Waals surface area contributed by atoms with Crippen molar-refractivity contribution in [3.05, 3.63) is 73.1 Å². The van der Waals surface area contributed by atoms with E-state index in [2.05, 4.69) is 21.9 Å². The van der Waals surface area contributed by atoms with Crippen molar-refractivity contribution in [2.45, 2.75) is 37.8 Å². The van der Waals surface area contributed by atoms with Gasteiger partial charge in [-0.15, -0.1) is 0 Å². The van der Waals surface area contributed by atoms with E-state index in [9.17, 15) is 9.18 Å². The number of nitrogen functional groups attached to an aromatic ring is 1. The van der Waals surface area contributed by atoms with Crippen molar-refractivity contribution in [3.63, 3.8) is 0 Å². The van der Waals surface area contributed by atoms with Crippen molar-refractivity contribution in [3.8, 4) is 22.8 Å². The zero-order valence-electron chi connectivity index (χ0n) is 19.3. The molecule has 0 unspecified atom stereocenters. The molecule has 2 aromatic carbocycles. The van der Waals surface area contributed by atoms with Gasteiger partial charge in [-0.3, -0.25) is 4.79 Å². The van der Waals surface area contributed by atoms with Crippen molar-refractivity contribution >= 4 is 22.8 Å². The van der Waals surface area contributed by atoms with Crippen LogP contribution in [0.15, 0.2) is 61.4 Å². The van der Waals surface area contributed by atoms with Crippen LogP contribution in [-0.4, -0.2) is 31.7 Å². The van der Waals surface area contributed by atoms with Gasteiger partial charge in [0.15, 0.2) is 5.65 Å². The largest absolute Gasteiger partial charge is 0.457 e. The standard InChI is InChI=1S/C26H24F2N6O2/c1-2-22(35)32-16-6-8-17(9-7-16)34-26-23(25(29)30-14-31-26)24(33-34)20-11-10-19(13-21(20)28)36-18-5-3-4-15(27)12-18/h2-5,10-14,16-17H,1,6-9H2,(H,32,35)(H2,29,30,31)/t16-,17-. The number of ether oxygens (including phenoxy) is 1. The van der Waals surface area contributed by atoms with Gasteiger partial charge in [-0.05, 0) is 56.0 Å².